The predicted octanol–water partition coefficient (Wildman–Crippen LogP) is 5.49. The third kappa shape index (κ3) is 7.19. The molecule has 8 heteroatoms. The Balaban J connectivity index is 1.64. The summed E-state index contributed by atoms with van der Waals surface area (Å²) in [6.45, 7) is 6.31. The Labute approximate surface area is 224 Å². The van der Waals surface area contributed by atoms with Gasteiger partial charge in [0.15, 0.2) is 5.78 Å². The van der Waals surface area contributed by atoms with E-state index in [0.29, 0.717) is 67.3 Å². The Morgan fingerprint density at radius 1 is 1.00 bits per heavy atom. The first kappa shape index (κ1) is 29.3. The number of carbonyl (C=O) groups excluding carboxylic acids is 2. The van der Waals surface area contributed by atoms with Crippen LogP contribution in [0, 0.1) is 0 Å². The first-order valence-corrected chi connectivity index (χ1v) is 13.5. The number of ether oxygens (including phenoxy) is 4. The van der Waals surface area contributed by atoms with Crippen LogP contribution in [0.3, 0.4) is 0 Å². The van der Waals surface area contributed by atoms with Gasteiger partial charge in [-0.15, -0.1) is 0 Å². The molecule has 0 amide bonds. The highest BCUT2D eigenvalue weighted by molar-refractivity contribution is 5.97. The summed E-state index contributed by atoms with van der Waals surface area (Å²) in [4.78, 5) is 23.4. The fraction of sp³-hybridized carbons (Fsp3) is 0.533. The molecule has 2 aromatic rings. The van der Waals surface area contributed by atoms with E-state index in [4.69, 9.17) is 18.9 Å². The Bertz CT molecular complexity index is 1110. The van der Waals surface area contributed by atoms with Gasteiger partial charge in [-0.25, -0.2) is 0 Å². The number of esters is 1. The van der Waals surface area contributed by atoms with Crippen LogP contribution in [0.25, 0.3) is 0 Å². The summed E-state index contributed by atoms with van der Waals surface area (Å²) in [7, 11) is 1.36. The lowest BCUT2D eigenvalue weighted by atomic mass is 9.93. The molecule has 208 valence electrons. The van der Waals surface area contributed by atoms with E-state index in [1.807, 2.05) is 19.1 Å². The number of ketones is 1. The number of aliphatic hydroxyl groups is 1. The number of aliphatic hydroxyl groups excluding tert-OH is 1. The fourth-order valence-corrected chi connectivity index (χ4v) is 4.75. The predicted molar refractivity (Wildman–Crippen MR) is 143 cm³/mol. The molecule has 3 rings (SSSR count). The van der Waals surface area contributed by atoms with Crippen molar-refractivity contribution in [3.8, 4) is 23.0 Å². The van der Waals surface area contributed by atoms with E-state index in [-0.39, 0.29) is 30.0 Å². The third-order valence-corrected chi connectivity index (χ3v) is 6.70. The second-order valence-corrected chi connectivity index (χ2v) is 9.61. The van der Waals surface area contributed by atoms with E-state index < -0.39 is 6.10 Å². The number of fused-ring (bicyclic) bond motifs is 1. The Kier molecular flexibility index (Phi) is 10.8. The van der Waals surface area contributed by atoms with Gasteiger partial charge < -0.3 is 29.2 Å². The quantitative estimate of drug-likeness (QED) is 0.188. The number of hydrogen-bond donors (Lipinski definition) is 2. The number of rotatable bonds is 14. The van der Waals surface area contributed by atoms with Crippen LogP contribution in [0.1, 0.15) is 92.4 Å². The third-order valence-electron chi connectivity index (χ3n) is 6.70. The molecule has 0 aliphatic carbocycles. The number of benzene rings is 2. The van der Waals surface area contributed by atoms with Crippen LogP contribution < -0.4 is 14.2 Å². The highest BCUT2D eigenvalue weighted by Crippen LogP contribution is 2.43. The summed E-state index contributed by atoms with van der Waals surface area (Å²) in [6.07, 6.45) is 3.83. The summed E-state index contributed by atoms with van der Waals surface area (Å²) < 4.78 is 23.1. The molecule has 1 aliphatic heterocycles. The number of aromatic hydroxyl groups is 1. The summed E-state index contributed by atoms with van der Waals surface area (Å²) >= 11 is 0. The van der Waals surface area contributed by atoms with Gasteiger partial charge in [-0.1, -0.05) is 26.7 Å². The SMILES string of the molecule is CCCc1c(OCCCOc2ccc3c(c2CCC)OC(CCC(=O)OC)CC3O)ccc(C(C)=O)c1O. The molecule has 8 nitrogen and oxygen atoms in total. The van der Waals surface area contributed by atoms with Crippen LogP contribution in [-0.2, 0) is 22.4 Å². The van der Waals surface area contributed by atoms with Gasteiger partial charge in [0.1, 0.15) is 29.1 Å². The van der Waals surface area contributed by atoms with Gasteiger partial charge in [0.2, 0.25) is 0 Å². The van der Waals surface area contributed by atoms with Crippen molar-refractivity contribution >= 4 is 11.8 Å². The second kappa shape index (κ2) is 14.0. The van der Waals surface area contributed by atoms with Crippen molar-refractivity contribution < 1.29 is 38.7 Å². The van der Waals surface area contributed by atoms with E-state index in [0.717, 1.165) is 30.4 Å². The lowest BCUT2D eigenvalue weighted by Gasteiger charge is -2.32. The van der Waals surface area contributed by atoms with Crippen LogP contribution in [0.4, 0.5) is 0 Å². The molecule has 0 aromatic heterocycles. The van der Waals surface area contributed by atoms with E-state index >= 15 is 0 Å². The van der Waals surface area contributed by atoms with Gasteiger partial charge in [-0.2, -0.15) is 0 Å². The number of carbonyl (C=O) groups is 2. The monoisotopic (exact) mass is 528 g/mol. The van der Waals surface area contributed by atoms with Crippen LogP contribution in [0.15, 0.2) is 24.3 Å². The molecule has 1 heterocycles. The summed E-state index contributed by atoms with van der Waals surface area (Å²) in [5.74, 6) is 1.46. The molecule has 0 fully saturated rings. The topological polar surface area (TPSA) is 112 Å². The fourth-order valence-electron chi connectivity index (χ4n) is 4.75. The van der Waals surface area contributed by atoms with Gasteiger partial charge in [-0.05, 0) is 50.5 Å². The van der Waals surface area contributed by atoms with Gasteiger partial charge in [0.25, 0.3) is 0 Å². The average molecular weight is 529 g/mol. The molecule has 0 saturated carbocycles. The van der Waals surface area contributed by atoms with Gasteiger partial charge >= 0.3 is 5.97 Å². The van der Waals surface area contributed by atoms with Crippen molar-refractivity contribution in [2.24, 2.45) is 0 Å². The Morgan fingerprint density at radius 2 is 1.63 bits per heavy atom. The van der Waals surface area contributed by atoms with Gasteiger partial charge in [0, 0.05) is 36.0 Å². The Hall–Kier alpha value is -3.26. The molecule has 2 atom stereocenters. The lowest BCUT2D eigenvalue weighted by molar-refractivity contribution is -0.141. The van der Waals surface area contributed by atoms with Crippen LogP contribution in [-0.4, -0.2) is 48.4 Å². The van der Waals surface area contributed by atoms with Crippen molar-refractivity contribution in [3.63, 3.8) is 0 Å². The van der Waals surface area contributed by atoms with E-state index in [1.165, 1.54) is 14.0 Å². The van der Waals surface area contributed by atoms with E-state index in [9.17, 15) is 19.8 Å². The van der Waals surface area contributed by atoms with Crippen molar-refractivity contribution in [2.45, 2.75) is 84.3 Å². The van der Waals surface area contributed by atoms with Gasteiger partial charge in [0.05, 0.1) is 32.0 Å². The molecule has 38 heavy (non-hydrogen) atoms. The Morgan fingerprint density at radius 3 is 2.26 bits per heavy atom. The van der Waals surface area contributed by atoms with Crippen LogP contribution >= 0.6 is 0 Å². The maximum absolute atomic E-state index is 11.8. The zero-order valence-corrected chi connectivity index (χ0v) is 22.9. The first-order valence-electron chi connectivity index (χ1n) is 13.5. The standard InChI is InChI=1S/C30H40O8/c1-5-8-23-26(13-11-21(19(3)31)29(23)34)36-16-7-17-37-27-14-12-22-25(32)18-20(10-15-28(33)35-4)38-30(22)24(27)9-6-2/h11-14,20,25,32,34H,5-10,15-18H2,1-4H3. The smallest absolute Gasteiger partial charge is 0.305 e. The summed E-state index contributed by atoms with van der Waals surface area (Å²) in [5, 5.41) is 21.3. The number of Topliss-reactive ketones (excluding diaryl/α,β-unsaturated/α-hetero) is 1. The van der Waals surface area contributed by atoms with E-state index in [2.05, 4.69) is 6.92 Å². The number of phenolic OH excluding ortho intramolecular Hbond substituents is 1. The first-order chi connectivity index (χ1) is 18.3. The highest BCUT2D eigenvalue weighted by Gasteiger charge is 2.30. The largest absolute Gasteiger partial charge is 0.507 e. The number of phenols is 1. The van der Waals surface area contributed by atoms with Crippen LogP contribution in [0.2, 0.25) is 0 Å². The summed E-state index contributed by atoms with van der Waals surface area (Å²) in [6, 6.07) is 7.06. The van der Waals surface area contributed by atoms with Crippen LogP contribution in [0.5, 0.6) is 23.0 Å². The molecular weight excluding hydrogens is 488 g/mol. The van der Waals surface area contributed by atoms with Crippen molar-refractivity contribution in [1.82, 2.24) is 0 Å². The molecule has 0 bridgehead atoms. The average Bonchev–Trinajstić information content (AvgIpc) is 2.89. The maximum Gasteiger partial charge on any atom is 0.305 e. The van der Waals surface area contributed by atoms with Crippen molar-refractivity contribution in [3.05, 3.63) is 46.5 Å². The molecular formula is C30H40O8. The van der Waals surface area contributed by atoms with Gasteiger partial charge in [-0.3, -0.25) is 9.59 Å². The van der Waals surface area contributed by atoms with Crippen molar-refractivity contribution in [1.29, 1.82) is 0 Å². The molecule has 0 spiro atoms. The van der Waals surface area contributed by atoms with E-state index in [1.54, 1.807) is 12.1 Å². The molecule has 2 aromatic carbocycles. The zero-order valence-electron chi connectivity index (χ0n) is 22.9. The minimum atomic E-state index is -0.664. The molecule has 2 unspecified atom stereocenters. The maximum atomic E-state index is 11.8. The highest BCUT2D eigenvalue weighted by atomic mass is 16.5. The molecule has 2 N–H and O–H groups in total. The number of hydrogen-bond acceptors (Lipinski definition) is 8. The lowest BCUT2D eigenvalue weighted by Crippen LogP contribution is -2.27. The molecule has 0 radical (unpaired) electrons. The molecule has 1 aliphatic rings. The van der Waals surface area contributed by atoms with Crippen molar-refractivity contribution in [2.75, 3.05) is 20.3 Å². The molecule has 0 saturated heterocycles. The minimum absolute atomic E-state index is 0.00144. The second-order valence-electron chi connectivity index (χ2n) is 9.61. The summed E-state index contributed by atoms with van der Waals surface area (Å²) in [5.41, 5.74) is 2.62. The zero-order chi connectivity index (χ0) is 27.7. The normalized spacial score (nSPS) is 16.3. The number of methoxy groups -OCH3 is 1. The minimum Gasteiger partial charge on any atom is -0.507 e.